The van der Waals surface area contributed by atoms with Gasteiger partial charge in [-0.1, -0.05) is 37.3 Å². The molecule has 1 N–H and O–H groups in total. The summed E-state index contributed by atoms with van der Waals surface area (Å²) in [5, 5.41) is 14.2. The van der Waals surface area contributed by atoms with Gasteiger partial charge in [0, 0.05) is 18.7 Å². The molecule has 2 aromatic carbocycles. The third-order valence-corrected chi connectivity index (χ3v) is 4.72. The number of amides is 1. The summed E-state index contributed by atoms with van der Waals surface area (Å²) in [4.78, 5) is 17.8. The molecule has 1 amide bonds. The van der Waals surface area contributed by atoms with Crippen LogP contribution in [0.5, 0.6) is 0 Å². The summed E-state index contributed by atoms with van der Waals surface area (Å²) in [6, 6.07) is 14.6. The van der Waals surface area contributed by atoms with Crippen molar-refractivity contribution in [2.45, 2.75) is 32.9 Å². The van der Waals surface area contributed by atoms with Gasteiger partial charge in [0.05, 0.1) is 11.0 Å². The third kappa shape index (κ3) is 3.24. The standard InChI is InChI=1S/C20H21N7O/c1-3-18-23-16-12-15(10-11-17(16)26(18)4-2)22-20(28)19(27-13-21-24-25-27)14-8-6-5-7-9-14/h5-13,19H,3-4H2,1-2H3,(H,22,28). The van der Waals surface area contributed by atoms with Crippen LogP contribution in [0.1, 0.15) is 31.3 Å². The maximum atomic E-state index is 13.1. The molecule has 0 radical (unpaired) electrons. The zero-order valence-electron chi connectivity index (χ0n) is 15.8. The maximum absolute atomic E-state index is 13.1. The Morgan fingerprint density at radius 1 is 1.14 bits per heavy atom. The summed E-state index contributed by atoms with van der Waals surface area (Å²) in [6.07, 6.45) is 2.30. The van der Waals surface area contributed by atoms with Crippen molar-refractivity contribution in [1.82, 2.24) is 29.8 Å². The second-order valence-electron chi connectivity index (χ2n) is 6.42. The molecule has 4 rings (SSSR count). The van der Waals surface area contributed by atoms with Crippen LogP contribution < -0.4 is 5.32 Å². The predicted octanol–water partition coefficient (Wildman–Crippen LogP) is 2.83. The summed E-state index contributed by atoms with van der Waals surface area (Å²) in [5.74, 6) is 0.820. The van der Waals surface area contributed by atoms with Crippen molar-refractivity contribution < 1.29 is 4.79 Å². The molecule has 8 nitrogen and oxygen atoms in total. The lowest BCUT2D eigenvalue weighted by Crippen LogP contribution is -2.27. The Bertz CT molecular complexity index is 1090. The van der Waals surface area contributed by atoms with Gasteiger partial charge in [-0.2, -0.15) is 0 Å². The molecule has 4 aromatic rings. The molecular weight excluding hydrogens is 354 g/mol. The van der Waals surface area contributed by atoms with Crippen molar-refractivity contribution >= 4 is 22.6 Å². The van der Waals surface area contributed by atoms with Crippen LogP contribution in [0.2, 0.25) is 0 Å². The predicted molar refractivity (Wildman–Crippen MR) is 106 cm³/mol. The highest BCUT2D eigenvalue weighted by Gasteiger charge is 2.24. The number of imidazole rings is 1. The van der Waals surface area contributed by atoms with E-state index in [1.165, 1.54) is 11.0 Å². The van der Waals surface area contributed by atoms with E-state index in [0.29, 0.717) is 5.69 Å². The van der Waals surface area contributed by atoms with Crippen LogP contribution in [0.25, 0.3) is 11.0 Å². The number of nitrogens with zero attached hydrogens (tertiary/aromatic N) is 6. The summed E-state index contributed by atoms with van der Waals surface area (Å²) in [5.41, 5.74) is 3.43. The van der Waals surface area contributed by atoms with E-state index in [0.717, 1.165) is 35.4 Å². The van der Waals surface area contributed by atoms with Gasteiger partial charge in [-0.05, 0) is 41.1 Å². The van der Waals surface area contributed by atoms with E-state index in [9.17, 15) is 4.79 Å². The zero-order chi connectivity index (χ0) is 19.5. The fraction of sp³-hybridized carbons (Fsp3) is 0.250. The number of nitrogens with one attached hydrogen (secondary N) is 1. The zero-order valence-corrected chi connectivity index (χ0v) is 15.8. The van der Waals surface area contributed by atoms with Crippen molar-refractivity contribution in [2.75, 3.05) is 5.32 Å². The number of aromatic nitrogens is 6. The van der Waals surface area contributed by atoms with Gasteiger partial charge in [-0.25, -0.2) is 9.67 Å². The highest BCUT2D eigenvalue weighted by molar-refractivity contribution is 5.97. The largest absolute Gasteiger partial charge is 0.328 e. The van der Waals surface area contributed by atoms with E-state index in [-0.39, 0.29) is 5.91 Å². The van der Waals surface area contributed by atoms with Crippen LogP contribution >= 0.6 is 0 Å². The minimum Gasteiger partial charge on any atom is -0.328 e. The van der Waals surface area contributed by atoms with Crippen molar-refractivity contribution in [3.63, 3.8) is 0 Å². The Kier molecular flexibility index (Phi) is 4.84. The van der Waals surface area contributed by atoms with Crippen LogP contribution in [0.4, 0.5) is 5.69 Å². The highest BCUT2D eigenvalue weighted by atomic mass is 16.2. The average Bonchev–Trinajstić information content (AvgIpc) is 3.36. The number of aryl methyl sites for hydroxylation is 2. The fourth-order valence-corrected chi connectivity index (χ4v) is 3.44. The van der Waals surface area contributed by atoms with Crippen molar-refractivity contribution in [3.8, 4) is 0 Å². The molecule has 2 aromatic heterocycles. The van der Waals surface area contributed by atoms with Gasteiger partial charge in [0.1, 0.15) is 12.2 Å². The molecular formula is C20H21N7O. The van der Waals surface area contributed by atoms with Gasteiger partial charge in [0.25, 0.3) is 5.91 Å². The quantitative estimate of drug-likeness (QED) is 0.560. The lowest BCUT2D eigenvalue weighted by atomic mass is 10.1. The molecule has 0 bridgehead atoms. The monoisotopic (exact) mass is 375 g/mol. The molecule has 2 heterocycles. The Hall–Kier alpha value is -3.55. The summed E-state index contributed by atoms with van der Waals surface area (Å²) < 4.78 is 3.64. The first-order valence-corrected chi connectivity index (χ1v) is 9.28. The Morgan fingerprint density at radius 2 is 1.96 bits per heavy atom. The summed E-state index contributed by atoms with van der Waals surface area (Å²) in [6.45, 7) is 5.06. The number of benzene rings is 2. The molecule has 0 saturated carbocycles. The molecule has 0 spiro atoms. The molecule has 0 aliphatic rings. The van der Waals surface area contributed by atoms with Crippen LogP contribution in [0, 0.1) is 0 Å². The molecule has 0 aliphatic heterocycles. The molecule has 0 fully saturated rings. The van der Waals surface area contributed by atoms with Gasteiger partial charge in [0.2, 0.25) is 0 Å². The summed E-state index contributed by atoms with van der Waals surface area (Å²) >= 11 is 0. The Balaban J connectivity index is 1.66. The second-order valence-corrected chi connectivity index (χ2v) is 6.42. The lowest BCUT2D eigenvalue weighted by molar-refractivity contribution is -0.118. The number of carbonyl (C=O) groups excluding carboxylic acids is 1. The molecule has 1 unspecified atom stereocenters. The normalized spacial score (nSPS) is 12.2. The number of hydrogen-bond donors (Lipinski definition) is 1. The first-order valence-electron chi connectivity index (χ1n) is 9.28. The minimum absolute atomic E-state index is 0.219. The Morgan fingerprint density at radius 3 is 2.64 bits per heavy atom. The number of hydrogen-bond acceptors (Lipinski definition) is 5. The van der Waals surface area contributed by atoms with E-state index in [4.69, 9.17) is 4.98 Å². The van der Waals surface area contributed by atoms with E-state index in [1.54, 1.807) is 0 Å². The van der Waals surface area contributed by atoms with Crippen LogP contribution in [0.3, 0.4) is 0 Å². The molecule has 1 atom stereocenters. The minimum atomic E-state index is -0.661. The van der Waals surface area contributed by atoms with Gasteiger partial charge in [-0.3, -0.25) is 4.79 Å². The van der Waals surface area contributed by atoms with E-state index >= 15 is 0 Å². The number of tetrazole rings is 1. The van der Waals surface area contributed by atoms with E-state index in [2.05, 4.69) is 39.3 Å². The first kappa shape index (κ1) is 17.8. The fourth-order valence-electron chi connectivity index (χ4n) is 3.44. The third-order valence-electron chi connectivity index (χ3n) is 4.72. The molecule has 142 valence electrons. The van der Waals surface area contributed by atoms with Gasteiger partial charge in [0.15, 0.2) is 6.04 Å². The first-order chi connectivity index (χ1) is 13.7. The van der Waals surface area contributed by atoms with Gasteiger partial charge >= 0.3 is 0 Å². The van der Waals surface area contributed by atoms with Crippen molar-refractivity contribution in [3.05, 3.63) is 66.2 Å². The lowest BCUT2D eigenvalue weighted by Gasteiger charge is -2.16. The summed E-state index contributed by atoms with van der Waals surface area (Å²) in [7, 11) is 0. The number of anilines is 1. The van der Waals surface area contributed by atoms with E-state index < -0.39 is 6.04 Å². The van der Waals surface area contributed by atoms with Crippen molar-refractivity contribution in [1.29, 1.82) is 0 Å². The SMILES string of the molecule is CCc1nc2cc(NC(=O)C(c3ccccc3)n3cnnn3)ccc2n1CC. The number of fused-ring (bicyclic) bond motifs is 1. The van der Waals surface area contributed by atoms with Crippen LogP contribution in [-0.4, -0.2) is 35.7 Å². The Labute approximate surface area is 162 Å². The van der Waals surface area contributed by atoms with Gasteiger partial charge < -0.3 is 9.88 Å². The molecule has 28 heavy (non-hydrogen) atoms. The van der Waals surface area contributed by atoms with E-state index in [1.807, 2.05) is 48.5 Å². The smallest absolute Gasteiger partial charge is 0.253 e. The number of rotatable bonds is 6. The van der Waals surface area contributed by atoms with Gasteiger partial charge in [-0.15, -0.1) is 5.10 Å². The number of carbonyl (C=O) groups is 1. The van der Waals surface area contributed by atoms with Crippen LogP contribution in [0.15, 0.2) is 54.9 Å². The second kappa shape index (κ2) is 7.59. The van der Waals surface area contributed by atoms with Crippen LogP contribution in [-0.2, 0) is 17.8 Å². The highest BCUT2D eigenvalue weighted by Crippen LogP contribution is 2.23. The molecule has 0 aliphatic carbocycles. The topological polar surface area (TPSA) is 90.5 Å². The maximum Gasteiger partial charge on any atom is 0.253 e. The van der Waals surface area contributed by atoms with Crippen molar-refractivity contribution in [2.24, 2.45) is 0 Å². The molecule has 0 saturated heterocycles. The molecule has 8 heteroatoms. The average molecular weight is 375 g/mol.